The van der Waals surface area contributed by atoms with Gasteiger partial charge in [0.1, 0.15) is 5.76 Å². The molecular weight excluding hydrogens is 196 g/mol. The van der Waals surface area contributed by atoms with E-state index in [9.17, 15) is 4.79 Å². The zero-order chi connectivity index (χ0) is 9.80. The van der Waals surface area contributed by atoms with Gasteiger partial charge in [-0.1, -0.05) is 6.07 Å². The molecule has 2 aromatic heterocycles. The van der Waals surface area contributed by atoms with Crippen molar-refractivity contribution in [3.8, 4) is 0 Å². The summed E-state index contributed by atoms with van der Waals surface area (Å²) in [5.74, 6) is 0.700. The van der Waals surface area contributed by atoms with Crippen LogP contribution in [0.4, 0.5) is 0 Å². The van der Waals surface area contributed by atoms with Crippen molar-refractivity contribution in [2.24, 2.45) is 0 Å². The van der Waals surface area contributed by atoms with E-state index in [1.807, 2.05) is 11.4 Å². The molecule has 14 heavy (non-hydrogen) atoms. The zero-order valence-electron chi connectivity index (χ0n) is 7.34. The van der Waals surface area contributed by atoms with Gasteiger partial charge < -0.3 is 4.42 Å². The lowest BCUT2D eigenvalue weighted by atomic mass is 10.3. The second-order valence-electron chi connectivity index (χ2n) is 2.69. The van der Waals surface area contributed by atoms with E-state index in [2.05, 4.69) is 0 Å². The molecule has 70 valence electrons. The number of rotatable bonds is 3. The maximum atomic E-state index is 11.5. The van der Waals surface area contributed by atoms with Crippen LogP contribution < -0.4 is 0 Å². The van der Waals surface area contributed by atoms with Gasteiger partial charge >= 0.3 is 0 Å². The number of thiophene rings is 1. The second-order valence-corrected chi connectivity index (χ2v) is 3.64. The highest BCUT2D eigenvalue weighted by molar-refractivity contribution is 7.12. The summed E-state index contributed by atoms with van der Waals surface area (Å²) in [6, 6.07) is 7.26. The van der Waals surface area contributed by atoms with Gasteiger partial charge in [0.05, 0.1) is 11.1 Å². The molecule has 0 saturated carbocycles. The summed E-state index contributed by atoms with van der Waals surface area (Å²) in [5, 5.41) is 1.88. The first-order chi connectivity index (χ1) is 6.86. The predicted molar refractivity (Wildman–Crippen MR) is 56.4 cm³/mol. The monoisotopic (exact) mass is 204 g/mol. The number of carbonyl (C=O) groups is 1. The molecule has 0 saturated heterocycles. The fraction of sp³-hybridized carbons (Fsp3) is 0. The summed E-state index contributed by atoms with van der Waals surface area (Å²) < 4.78 is 5.07. The summed E-state index contributed by atoms with van der Waals surface area (Å²) in [7, 11) is 0. The van der Waals surface area contributed by atoms with Gasteiger partial charge in [0.2, 0.25) is 0 Å². The molecule has 2 rings (SSSR count). The Morgan fingerprint density at radius 1 is 1.36 bits per heavy atom. The molecule has 0 bridgehead atoms. The van der Waals surface area contributed by atoms with Crippen molar-refractivity contribution < 1.29 is 9.21 Å². The molecule has 0 aliphatic heterocycles. The molecule has 0 spiro atoms. The highest BCUT2D eigenvalue weighted by Crippen LogP contribution is 2.11. The first-order valence-corrected chi connectivity index (χ1v) is 5.03. The average Bonchev–Trinajstić information content (AvgIpc) is 2.87. The Bertz CT molecular complexity index is 424. The van der Waals surface area contributed by atoms with Crippen LogP contribution in [-0.2, 0) is 0 Å². The van der Waals surface area contributed by atoms with E-state index in [0.717, 1.165) is 4.88 Å². The van der Waals surface area contributed by atoms with Crippen molar-refractivity contribution in [2.45, 2.75) is 0 Å². The Kier molecular flexibility index (Phi) is 2.60. The van der Waals surface area contributed by atoms with E-state index in [1.54, 1.807) is 30.5 Å². The van der Waals surface area contributed by atoms with Gasteiger partial charge in [-0.3, -0.25) is 4.79 Å². The van der Waals surface area contributed by atoms with Crippen LogP contribution >= 0.6 is 11.3 Å². The molecule has 0 aliphatic rings. The van der Waals surface area contributed by atoms with Gasteiger partial charge in [-0.25, -0.2) is 0 Å². The standard InChI is InChI=1S/C11H8O2S/c12-10(11-4-2-8-14-11)6-5-9-3-1-7-13-9/h1-8H. The van der Waals surface area contributed by atoms with Crippen LogP contribution in [0.25, 0.3) is 6.08 Å². The van der Waals surface area contributed by atoms with Gasteiger partial charge in [0.25, 0.3) is 0 Å². The summed E-state index contributed by atoms with van der Waals surface area (Å²) >= 11 is 1.44. The first kappa shape index (κ1) is 8.97. The molecule has 0 fully saturated rings. The maximum absolute atomic E-state index is 11.5. The molecule has 2 aromatic rings. The molecule has 0 aliphatic carbocycles. The quantitative estimate of drug-likeness (QED) is 0.567. The third kappa shape index (κ3) is 2.00. The Morgan fingerprint density at radius 2 is 2.29 bits per heavy atom. The highest BCUT2D eigenvalue weighted by Gasteiger charge is 2.01. The minimum absolute atomic E-state index is 0.0106. The Labute approximate surface area is 85.5 Å². The van der Waals surface area contributed by atoms with Crippen LogP contribution in [-0.4, -0.2) is 5.78 Å². The smallest absolute Gasteiger partial charge is 0.195 e. The third-order valence-corrected chi connectivity index (χ3v) is 2.59. The number of carbonyl (C=O) groups excluding carboxylic acids is 1. The van der Waals surface area contributed by atoms with Crippen molar-refractivity contribution in [3.05, 3.63) is 52.6 Å². The minimum Gasteiger partial charge on any atom is -0.465 e. The molecule has 0 aromatic carbocycles. The van der Waals surface area contributed by atoms with E-state index < -0.39 is 0 Å². The van der Waals surface area contributed by atoms with Gasteiger partial charge in [-0.05, 0) is 35.7 Å². The normalized spacial score (nSPS) is 10.9. The molecule has 0 radical (unpaired) electrons. The van der Waals surface area contributed by atoms with Gasteiger partial charge in [-0.15, -0.1) is 11.3 Å². The molecular formula is C11H8O2S. The van der Waals surface area contributed by atoms with Crippen LogP contribution in [0.3, 0.4) is 0 Å². The molecule has 2 heterocycles. The number of ketones is 1. The molecule has 2 nitrogen and oxygen atoms in total. The largest absolute Gasteiger partial charge is 0.465 e. The summed E-state index contributed by atoms with van der Waals surface area (Å²) in [5.41, 5.74) is 0. The Hall–Kier alpha value is -1.61. The van der Waals surface area contributed by atoms with E-state index in [4.69, 9.17) is 4.42 Å². The van der Waals surface area contributed by atoms with Crippen LogP contribution in [0.2, 0.25) is 0 Å². The third-order valence-electron chi connectivity index (χ3n) is 1.71. The molecule has 0 amide bonds. The van der Waals surface area contributed by atoms with Crippen molar-refractivity contribution in [1.82, 2.24) is 0 Å². The van der Waals surface area contributed by atoms with Crippen molar-refractivity contribution in [2.75, 3.05) is 0 Å². The molecule has 0 unspecified atom stereocenters. The maximum Gasteiger partial charge on any atom is 0.195 e. The lowest BCUT2D eigenvalue weighted by Gasteiger charge is -1.86. The molecule has 0 atom stereocenters. The van der Waals surface area contributed by atoms with E-state index >= 15 is 0 Å². The lowest BCUT2D eigenvalue weighted by molar-refractivity contribution is 0.105. The highest BCUT2D eigenvalue weighted by atomic mass is 32.1. The Balaban J connectivity index is 2.09. The minimum atomic E-state index is 0.0106. The summed E-state index contributed by atoms with van der Waals surface area (Å²) in [6.07, 6.45) is 4.77. The van der Waals surface area contributed by atoms with E-state index in [-0.39, 0.29) is 5.78 Å². The topological polar surface area (TPSA) is 30.2 Å². The van der Waals surface area contributed by atoms with Crippen LogP contribution in [0.5, 0.6) is 0 Å². The number of hydrogen-bond acceptors (Lipinski definition) is 3. The number of hydrogen-bond donors (Lipinski definition) is 0. The predicted octanol–water partition coefficient (Wildman–Crippen LogP) is 3.24. The zero-order valence-corrected chi connectivity index (χ0v) is 8.16. The number of furan rings is 1. The first-order valence-electron chi connectivity index (χ1n) is 4.16. The fourth-order valence-corrected chi connectivity index (χ4v) is 1.69. The summed E-state index contributed by atoms with van der Waals surface area (Å²) in [6.45, 7) is 0. The molecule has 3 heteroatoms. The van der Waals surface area contributed by atoms with Gasteiger partial charge in [-0.2, -0.15) is 0 Å². The lowest BCUT2D eigenvalue weighted by Crippen LogP contribution is -1.87. The van der Waals surface area contributed by atoms with Crippen LogP contribution in [0.15, 0.2) is 46.4 Å². The van der Waals surface area contributed by atoms with Crippen molar-refractivity contribution in [1.29, 1.82) is 0 Å². The van der Waals surface area contributed by atoms with Crippen LogP contribution in [0.1, 0.15) is 15.4 Å². The van der Waals surface area contributed by atoms with Crippen molar-refractivity contribution in [3.63, 3.8) is 0 Å². The van der Waals surface area contributed by atoms with E-state index in [0.29, 0.717) is 5.76 Å². The van der Waals surface area contributed by atoms with Crippen molar-refractivity contribution >= 4 is 23.2 Å². The van der Waals surface area contributed by atoms with E-state index in [1.165, 1.54) is 17.4 Å². The molecule has 0 N–H and O–H groups in total. The fourth-order valence-electron chi connectivity index (χ4n) is 1.04. The average molecular weight is 204 g/mol. The van der Waals surface area contributed by atoms with Crippen LogP contribution in [0, 0.1) is 0 Å². The van der Waals surface area contributed by atoms with Gasteiger partial charge in [0, 0.05) is 0 Å². The van der Waals surface area contributed by atoms with Gasteiger partial charge in [0.15, 0.2) is 5.78 Å². The summed E-state index contributed by atoms with van der Waals surface area (Å²) in [4.78, 5) is 12.2. The Morgan fingerprint density at radius 3 is 2.93 bits per heavy atom. The SMILES string of the molecule is O=C(C=Cc1ccco1)c1cccs1. The second kappa shape index (κ2) is 4.07. The number of allylic oxidation sites excluding steroid dienone is 1.